The van der Waals surface area contributed by atoms with Crippen LogP contribution in [-0.2, 0) is 9.84 Å². The zero-order valence-corrected chi connectivity index (χ0v) is 17.7. The fourth-order valence-corrected chi connectivity index (χ4v) is 5.93. The van der Waals surface area contributed by atoms with Gasteiger partial charge in [0.25, 0.3) is 5.91 Å². The lowest BCUT2D eigenvalue weighted by atomic mass is 10.0. The highest BCUT2D eigenvalue weighted by Crippen LogP contribution is 2.29. The normalized spacial score (nSPS) is 15.1. The SMILES string of the molecule is CCCN(C(=O)c1ccc(S(=O)(=O)c2ccccc2)s1)C1CCNCC1.Cl. The van der Waals surface area contributed by atoms with Gasteiger partial charge < -0.3 is 10.2 Å². The van der Waals surface area contributed by atoms with Crippen molar-refractivity contribution >= 4 is 39.5 Å². The number of hydrogen-bond donors (Lipinski definition) is 1. The number of thiophene rings is 1. The number of sulfone groups is 1. The Morgan fingerprint density at radius 2 is 1.81 bits per heavy atom. The van der Waals surface area contributed by atoms with Crippen LogP contribution in [-0.4, -0.2) is 44.9 Å². The van der Waals surface area contributed by atoms with Crippen molar-refractivity contribution in [2.24, 2.45) is 0 Å². The molecular weight excluding hydrogens is 404 g/mol. The molecule has 1 aromatic heterocycles. The highest BCUT2D eigenvalue weighted by molar-refractivity contribution is 7.93. The molecule has 8 heteroatoms. The molecule has 0 unspecified atom stereocenters. The van der Waals surface area contributed by atoms with Crippen molar-refractivity contribution in [3.63, 3.8) is 0 Å². The lowest BCUT2D eigenvalue weighted by Gasteiger charge is -2.34. The van der Waals surface area contributed by atoms with E-state index in [2.05, 4.69) is 12.2 Å². The van der Waals surface area contributed by atoms with Crippen molar-refractivity contribution in [1.29, 1.82) is 0 Å². The summed E-state index contributed by atoms with van der Waals surface area (Å²) >= 11 is 1.07. The van der Waals surface area contributed by atoms with Gasteiger partial charge in [-0.3, -0.25) is 4.79 Å². The Balaban J connectivity index is 0.00000261. The summed E-state index contributed by atoms with van der Waals surface area (Å²) in [5, 5.41) is 3.32. The third-order valence-corrected chi connectivity index (χ3v) is 7.92. The summed E-state index contributed by atoms with van der Waals surface area (Å²) in [7, 11) is -3.58. The van der Waals surface area contributed by atoms with Gasteiger partial charge in [0.1, 0.15) is 4.21 Å². The Hall–Kier alpha value is -1.41. The van der Waals surface area contributed by atoms with Crippen molar-refractivity contribution in [3.8, 4) is 0 Å². The average Bonchev–Trinajstić information content (AvgIpc) is 3.18. The second-order valence-electron chi connectivity index (χ2n) is 6.41. The van der Waals surface area contributed by atoms with E-state index < -0.39 is 9.84 Å². The molecule has 3 rings (SSSR count). The van der Waals surface area contributed by atoms with Gasteiger partial charge in [0.2, 0.25) is 9.84 Å². The maximum Gasteiger partial charge on any atom is 0.264 e. The molecule has 1 fully saturated rings. The molecule has 1 N–H and O–H groups in total. The van der Waals surface area contributed by atoms with Gasteiger partial charge in [-0.2, -0.15) is 0 Å². The number of hydrogen-bond acceptors (Lipinski definition) is 5. The molecule has 5 nitrogen and oxygen atoms in total. The molecule has 27 heavy (non-hydrogen) atoms. The Morgan fingerprint density at radius 1 is 1.15 bits per heavy atom. The van der Waals surface area contributed by atoms with Crippen molar-refractivity contribution in [2.75, 3.05) is 19.6 Å². The Labute approximate surface area is 171 Å². The highest BCUT2D eigenvalue weighted by atomic mass is 35.5. The zero-order valence-electron chi connectivity index (χ0n) is 15.3. The van der Waals surface area contributed by atoms with Crippen LogP contribution in [0.2, 0.25) is 0 Å². The average molecular weight is 429 g/mol. The number of piperidine rings is 1. The predicted molar refractivity (Wildman–Crippen MR) is 111 cm³/mol. The van der Waals surface area contributed by atoms with Crippen LogP contribution in [0.1, 0.15) is 35.9 Å². The van der Waals surface area contributed by atoms with Crippen LogP contribution in [0.4, 0.5) is 0 Å². The monoisotopic (exact) mass is 428 g/mol. The van der Waals surface area contributed by atoms with Crippen molar-refractivity contribution < 1.29 is 13.2 Å². The third kappa shape index (κ3) is 4.90. The molecular formula is C19H25ClN2O3S2. The van der Waals surface area contributed by atoms with E-state index in [9.17, 15) is 13.2 Å². The van der Waals surface area contributed by atoms with Crippen molar-refractivity contribution in [3.05, 3.63) is 47.3 Å². The summed E-state index contributed by atoms with van der Waals surface area (Å²) < 4.78 is 25.7. The molecule has 1 saturated heterocycles. The second-order valence-corrected chi connectivity index (χ2v) is 9.68. The standard InChI is InChI=1S/C19H24N2O3S2.ClH/c1-2-14-21(15-10-12-20-13-11-15)19(22)17-8-9-18(25-17)26(23,24)16-6-4-3-5-7-16;/h3-9,15,20H,2,10-14H2,1H3;1H. The van der Waals surface area contributed by atoms with Crippen LogP contribution < -0.4 is 5.32 Å². The maximum absolute atomic E-state index is 13.0. The molecule has 0 atom stereocenters. The molecule has 0 bridgehead atoms. The van der Waals surface area contributed by atoms with E-state index in [4.69, 9.17) is 0 Å². The highest BCUT2D eigenvalue weighted by Gasteiger charge is 2.28. The second kappa shape index (κ2) is 9.68. The zero-order chi connectivity index (χ0) is 18.6. The Kier molecular flexibility index (Phi) is 7.85. The van der Waals surface area contributed by atoms with Crippen LogP contribution in [0.5, 0.6) is 0 Å². The fourth-order valence-electron chi connectivity index (χ4n) is 3.25. The number of carbonyl (C=O) groups excluding carboxylic acids is 1. The maximum atomic E-state index is 13.0. The smallest absolute Gasteiger partial charge is 0.264 e. The van der Waals surface area contributed by atoms with Gasteiger partial charge in [0, 0.05) is 12.6 Å². The lowest BCUT2D eigenvalue weighted by molar-refractivity contribution is 0.0647. The van der Waals surface area contributed by atoms with Gasteiger partial charge in [-0.1, -0.05) is 25.1 Å². The van der Waals surface area contributed by atoms with Gasteiger partial charge in [-0.05, 0) is 56.6 Å². The first-order valence-electron chi connectivity index (χ1n) is 8.95. The summed E-state index contributed by atoms with van der Waals surface area (Å²) in [4.78, 5) is 15.7. The number of nitrogens with one attached hydrogen (secondary N) is 1. The number of halogens is 1. The molecule has 1 amide bonds. The van der Waals surface area contributed by atoms with Crippen LogP contribution in [0.15, 0.2) is 51.6 Å². The molecule has 148 valence electrons. The quantitative estimate of drug-likeness (QED) is 0.763. The topological polar surface area (TPSA) is 66.5 Å². The third-order valence-electron chi connectivity index (χ3n) is 4.59. The number of carbonyl (C=O) groups is 1. The minimum atomic E-state index is -3.58. The van der Waals surface area contributed by atoms with Crippen LogP contribution in [0, 0.1) is 0 Å². The Bertz CT molecular complexity index is 847. The summed E-state index contributed by atoms with van der Waals surface area (Å²) in [6.45, 7) is 4.58. The molecule has 0 aliphatic carbocycles. The largest absolute Gasteiger partial charge is 0.335 e. The van der Waals surface area contributed by atoms with Gasteiger partial charge in [0.05, 0.1) is 9.77 Å². The molecule has 0 saturated carbocycles. The minimum absolute atomic E-state index is 0. The first kappa shape index (κ1) is 21.9. The van der Waals surface area contributed by atoms with Crippen LogP contribution in [0.3, 0.4) is 0 Å². The van der Waals surface area contributed by atoms with Gasteiger partial charge in [-0.25, -0.2) is 8.42 Å². The van der Waals surface area contributed by atoms with Gasteiger partial charge >= 0.3 is 0 Å². The molecule has 1 aliphatic heterocycles. The van der Waals surface area contributed by atoms with E-state index >= 15 is 0 Å². The minimum Gasteiger partial charge on any atom is -0.335 e. The predicted octanol–water partition coefficient (Wildman–Crippen LogP) is 3.61. The number of rotatable bonds is 6. The van der Waals surface area contributed by atoms with Crippen molar-refractivity contribution in [1.82, 2.24) is 10.2 Å². The lowest BCUT2D eigenvalue weighted by Crippen LogP contribution is -2.46. The molecule has 0 radical (unpaired) electrons. The first-order valence-corrected chi connectivity index (χ1v) is 11.3. The van der Waals surface area contributed by atoms with Crippen LogP contribution >= 0.6 is 23.7 Å². The van der Waals surface area contributed by atoms with Crippen molar-refractivity contribution in [2.45, 2.75) is 41.3 Å². The van der Waals surface area contributed by atoms with E-state index in [0.717, 1.165) is 43.7 Å². The summed E-state index contributed by atoms with van der Waals surface area (Å²) in [5.74, 6) is -0.0572. The van der Waals surface area contributed by atoms with E-state index in [1.54, 1.807) is 42.5 Å². The molecule has 1 aliphatic rings. The number of benzene rings is 1. The number of nitrogens with zero attached hydrogens (tertiary/aromatic N) is 1. The molecule has 0 spiro atoms. The van der Waals surface area contributed by atoms with Crippen LogP contribution in [0.25, 0.3) is 0 Å². The fraction of sp³-hybridized carbons (Fsp3) is 0.421. The Morgan fingerprint density at radius 3 is 2.44 bits per heavy atom. The summed E-state index contributed by atoms with van der Waals surface area (Å²) in [6.07, 6.45) is 2.76. The first-order chi connectivity index (χ1) is 12.5. The summed E-state index contributed by atoms with van der Waals surface area (Å²) in [5.41, 5.74) is 0. The molecule has 2 aromatic rings. The molecule has 2 heterocycles. The molecule has 1 aromatic carbocycles. The van der Waals surface area contributed by atoms with E-state index in [1.165, 1.54) is 0 Å². The van der Waals surface area contributed by atoms with Gasteiger partial charge in [0.15, 0.2) is 0 Å². The summed E-state index contributed by atoms with van der Waals surface area (Å²) in [6, 6.07) is 11.8. The van der Waals surface area contributed by atoms with E-state index in [0.29, 0.717) is 11.4 Å². The van der Waals surface area contributed by atoms with E-state index in [1.807, 2.05) is 4.90 Å². The van der Waals surface area contributed by atoms with Gasteiger partial charge in [-0.15, -0.1) is 23.7 Å². The number of amides is 1. The van der Waals surface area contributed by atoms with E-state index in [-0.39, 0.29) is 33.5 Å².